The first kappa shape index (κ1) is 19.4. The fourth-order valence-electron chi connectivity index (χ4n) is 3.34. The molecule has 0 atom stereocenters. The van der Waals surface area contributed by atoms with E-state index in [1.165, 1.54) is 6.07 Å². The molecule has 0 radical (unpaired) electrons. The van der Waals surface area contributed by atoms with E-state index in [9.17, 15) is 18.8 Å². The summed E-state index contributed by atoms with van der Waals surface area (Å²) in [6.45, 7) is 0.0851. The van der Waals surface area contributed by atoms with Gasteiger partial charge < -0.3 is 5.32 Å². The van der Waals surface area contributed by atoms with Crippen molar-refractivity contribution in [3.8, 4) is 11.1 Å². The number of anilines is 1. The first-order valence-electron chi connectivity index (χ1n) is 9.50. The number of amides is 3. The van der Waals surface area contributed by atoms with Gasteiger partial charge in [0.05, 0.1) is 11.1 Å². The van der Waals surface area contributed by atoms with E-state index in [1.807, 2.05) is 36.4 Å². The lowest BCUT2D eigenvalue weighted by Gasteiger charge is -2.13. The lowest BCUT2D eigenvalue weighted by atomic mass is 10.1. The van der Waals surface area contributed by atoms with Crippen LogP contribution >= 0.6 is 0 Å². The van der Waals surface area contributed by atoms with Crippen LogP contribution in [0.4, 0.5) is 10.2 Å². The highest BCUT2D eigenvalue weighted by Crippen LogP contribution is 2.24. The summed E-state index contributed by atoms with van der Waals surface area (Å²) in [5, 5.41) is 2.71. The molecule has 0 fully saturated rings. The molecule has 1 aliphatic heterocycles. The minimum Gasteiger partial charge on any atom is -0.311 e. The maximum absolute atomic E-state index is 13.3. The number of hydrogen-bond acceptors (Lipinski definition) is 4. The van der Waals surface area contributed by atoms with Crippen LogP contribution < -0.4 is 5.32 Å². The smallest absolute Gasteiger partial charge is 0.261 e. The summed E-state index contributed by atoms with van der Waals surface area (Å²) in [4.78, 5) is 42.1. The summed E-state index contributed by atoms with van der Waals surface area (Å²) in [6, 6.07) is 16.9. The zero-order valence-electron chi connectivity index (χ0n) is 16.0. The van der Waals surface area contributed by atoms with Gasteiger partial charge in [0.2, 0.25) is 5.91 Å². The van der Waals surface area contributed by atoms with Gasteiger partial charge in [0, 0.05) is 24.7 Å². The first-order chi connectivity index (χ1) is 14.5. The van der Waals surface area contributed by atoms with Gasteiger partial charge in [-0.15, -0.1) is 0 Å². The minimum atomic E-state index is -0.568. The second kappa shape index (κ2) is 8.24. The molecule has 1 N–H and O–H groups in total. The quantitative estimate of drug-likeness (QED) is 0.633. The van der Waals surface area contributed by atoms with Crippen LogP contribution in [0, 0.1) is 5.82 Å². The molecule has 0 spiro atoms. The molecule has 2 aromatic carbocycles. The summed E-state index contributed by atoms with van der Waals surface area (Å²) in [7, 11) is 0. The summed E-state index contributed by atoms with van der Waals surface area (Å²) < 4.78 is 13.3. The predicted molar refractivity (Wildman–Crippen MR) is 109 cm³/mol. The number of carbonyl (C=O) groups is 3. The molecule has 0 unspecified atom stereocenters. The molecule has 0 saturated carbocycles. The van der Waals surface area contributed by atoms with E-state index in [4.69, 9.17) is 0 Å². The molecule has 0 saturated heterocycles. The molecular weight excluding hydrogens is 385 g/mol. The predicted octanol–water partition coefficient (Wildman–Crippen LogP) is 3.90. The second-order valence-corrected chi connectivity index (χ2v) is 6.90. The van der Waals surface area contributed by atoms with Gasteiger partial charge in [-0.2, -0.15) is 0 Å². The summed E-state index contributed by atoms with van der Waals surface area (Å²) in [5.74, 6) is -1.41. The van der Waals surface area contributed by atoms with Gasteiger partial charge in [-0.1, -0.05) is 30.3 Å². The zero-order valence-corrected chi connectivity index (χ0v) is 16.0. The molecule has 6 nitrogen and oxygen atoms in total. The first-order valence-corrected chi connectivity index (χ1v) is 9.50. The maximum Gasteiger partial charge on any atom is 0.261 e. The van der Waals surface area contributed by atoms with Crippen molar-refractivity contribution in [1.82, 2.24) is 9.88 Å². The van der Waals surface area contributed by atoms with Crippen LogP contribution in [0.2, 0.25) is 0 Å². The summed E-state index contributed by atoms with van der Waals surface area (Å²) in [6.07, 6.45) is 2.09. The molecule has 0 bridgehead atoms. The van der Waals surface area contributed by atoms with Crippen LogP contribution in [0.25, 0.3) is 11.1 Å². The average Bonchev–Trinajstić information content (AvgIpc) is 2.99. The molecule has 0 aliphatic carbocycles. The molecule has 1 aliphatic rings. The molecule has 1 aromatic heterocycles. The van der Waals surface area contributed by atoms with Crippen molar-refractivity contribution < 1.29 is 18.8 Å². The Labute approximate surface area is 172 Å². The minimum absolute atomic E-state index is 0.0622. The van der Waals surface area contributed by atoms with E-state index < -0.39 is 17.6 Å². The Morgan fingerprint density at radius 1 is 0.933 bits per heavy atom. The number of carbonyl (C=O) groups excluding carboxylic acids is 3. The van der Waals surface area contributed by atoms with E-state index >= 15 is 0 Å². The van der Waals surface area contributed by atoms with Crippen LogP contribution in [-0.4, -0.2) is 34.2 Å². The highest BCUT2D eigenvalue weighted by molar-refractivity contribution is 6.21. The van der Waals surface area contributed by atoms with Gasteiger partial charge in [-0.25, -0.2) is 9.37 Å². The van der Waals surface area contributed by atoms with Gasteiger partial charge >= 0.3 is 0 Å². The molecule has 3 aromatic rings. The summed E-state index contributed by atoms with van der Waals surface area (Å²) in [5.41, 5.74) is 2.22. The van der Waals surface area contributed by atoms with Crippen molar-refractivity contribution in [2.45, 2.75) is 12.8 Å². The highest BCUT2D eigenvalue weighted by Gasteiger charge is 2.35. The number of nitrogens with zero attached hydrogens (tertiary/aromatic N) is 2. The number of fused-ring (bicyclic) bond motifs is 1. The van der Waals surface area contributed by atoms with Crippen molar-refractivity contribution >= 4 is 23.5 Å². The SMILES string of the molecule is O=C(CCCN1C(=O)c2ccc(F)cc2C1=O)Nc1ccc(-c2ccccc2)cn1. The monoisotopic (exact) mass is 403 g/mol. The lowest BCUT2D eigenvalue weighted by Crippen LogP contribution is -2.31. The van der Waals surface area contributed by atoms with E-state index in [2.05, 4.69) is 10.3 Å². The topological polar surface area (TPSA) is 79.4 Å². The van der Waals surface area contributed by atoms with E-state index in [0.29, 0.717) is 12.2 Å². The van der Waals surface area contributed by atoms with Crippen LogP contribution in [0.3, 0.4) is 0 Å². The van der Waals surface area contributed by atoms with E-state index in [0.717, 1.165) is 28.2 Å². The van der Waals surface area contributed by atoms with Gasteiger partial charge in [0.1, 0.15) is 11.6 Å². The Morgan fingerprint density at radius 2 is 1.70 bits per heavy atom. The van der Waals surface area contributed by atoms with Gasteiger partial charge in [-0.05, 0) is 42.3 Å². The lowest BCUT2D eigenvalue weighted by molar-refractivity contribution is -0.116. The van der Waals surface area contributed by atoms with Gasteiger partial charge in [-0.3, -0.25) is 19.3 Å². The number of nitrogens with one attached hydrogen (secondary N) is 1. The Hall–Kier alpha value is -3.87. The van der Waals surface area contributed by atoms with Crippen molar-refractivity contribution in [3.05, 3.63) is 83.8 Å². The van der Waals surface area contributed by atoms with Crippen LogP contribution in [0.15, 0.2) is 66.9 Å². The summed E-state index contributed by atoms with van der Waals surface area (Å²) >= 11 is 0. The molecule has 150 valence electrons. The van der Waals surface area contributed by atoms with Crippen LogP contribution in [0.1, 0.15) is 33.6 Å². The number of hydrogen-bond donors (Lipinski definition) is 1. The number of imide groups is 1. The Morgan fingerprint density at radius 3 is 2.43 bits per heavy atom. The van der Waals surface area contributed by atoms with Crippen LogP contribution in [0.5, 0.6) is 0 Å². The Bertz CT molecular complexity index is 1110. The van der Waals surface area contributed by atoms with E-state index in [1.54, 1.807) is 12.3 Å². The third kappa shape index (κ3) is 3.96. The van der Waals surface area contributed by atoms with Crippen molar-refractivity contribution in [2.75, 3.05) is 11.9 Å². The molecule has 4 rings (SSSR count). The Kier molecular flexibility index (Phi) is 5.34. The number of halogens is 1. The number of rotatable bonds is 6. The molecule has 3 amide bonds. The standard InChI is InChI=1S/C23H18FN3O3/c24-17-9-10-18-19(13-17)23(30)27(22(18)29)12-4-7-21(28)26-20-11-8-16(14-25-20)15-5-2-1-3-6-15/h1-3,5-6,8-11,13-14H,4,7,12H2,(H,25,26,28). The average molecular weight is 403 g/mol. The molecule has 30 heavy (non-hydrogen) atoms. The van der Waals surface area contributed by atoms with Crippen LogP contribution in [-0.2, 0) is 4.79 Å². The Balaban J connectivity index is 1.29. The molecular formula is C23H18FN3O3. The highest BCUT2D eigenvalue weighted by atomic mass is 19.1. The molecule has 7 heteroatoms. The van der Waals surface area contributed by atoms with Gasteiger partial charge in [0.25, 0.3) is 11.8 Å². The maximum atomic E-state index is 13.3. The number of pyridine rings is 1. The van der Waals surface area contributed by atoms with Crippen molar-refractivity contribution in [2.24, 2.45) is 0 Å². The fraction of sp³-hybridized carbons (Fsp3) is 0.130. The molecule has 2 heterocycles. The largest absolute Gasteiger partial charge is 0.311 e. The normalized spacial score (nSPS) is 12.8. The number of aromatic nitrogens is 1. The third-order valence-electron chi connectivity index (χ3n) is 4.86. The second-order valence-electron chi connectivity index (χ2n) is 6.90. The fourth-order valence-corrected chi connectivity index (χ4v) is 3.34. The van der Waals surface area contributed by atoms with Crippen molar-refractivity contribution in [1.29, 1.82) is 0 Å². The van der Waals surface area contributed by atoms with E-state index in [-0.39, 0.29) is 30.0 Å². The third-order valence-corrected chi connectivity index (χ3v) is 4.86. The van der Waals surface area contributed by atoms with Crippen molar-refractivity contribution in [3.63, 3.8) is 0 Å². The zero-order chi connectivity index (χ0) is 21.1. The number of benzene rings is 2. The van der Waals surface area contributed by atoms with Gasteiger partial charge in [0.15, 0.2) is 0 Å².